The topological polar surface area (TPSA) is 40.5 Å². The Bertz CT molecular complexity index is 296. The van der Waals surface area contributed by atoms with Gasteiger partial charge in [0, 0.05) is 21.2 Å². The summed E-state index contributed by atoms with van der Waals surface area (Å²) >= 11 is 4.94. The molecule has 0 saturated carbocycles. The predicted molar refractivity (Wildman–Crippen MR) is 62.6 cm³/mol. The Kier molecular flexibility index (Phi) is 4.13. The first-order chi connectivity index (χ1) is 6.45. The molecule has 0 amide bonds. The second kappa shape index (κ2) is 4.75. The maximum Gasteiger partial charge on any atom is 0.0878 e. The van der Waals surface area contributed by atoms with Gasteiger partial charge in [-0.2, -0.15) is 0 Å². The third kappa shape index (κ3) is 3.05. The van der Waals surface area contributed by atoms with Crippen molar-refractivity contribution in [2.24, 2.45) is 0 Å². The van der Waals surface area contributed by atoms with Gasteiger partial charge in [0.2, 0.25) is 0 Å². The van der Waals surface area contributed by atoms with Gasteiger partial charge in [-0.25, -0.2) is 0 Å². The van der Waals surface area contributed by atoms with E-state index in [-0.39, 0.29) is 0 Å². The van der Waals surface area contributed by atoms with Crippen LogP contribution in [0.3, 0.4) is 0 Å². The SMILES string of the molecule is CCC(C)(O)C(O)Cc1cc(Br)cs1. The summed E-state index contributed by atoms with van der Waals surface area (Å²) in [7, 11) is 0. The first-order valence-electron chi connectivity index (χ1n) is 4.59. The first kappa shape index (κ1) is 12.2. The Labute approximate surface area is 96.7 Å². The molecule has 2 nitrogen and oxygen atoms in total. The van der Waals surface area contributed by atoms with Crippen molar-refractivity contribution in [3.05, 3.63) is 20.8 Å². The third-order valence-electron chi connectivity index (χ3n) is 2.45. The molecule has 4 heteroatoms. The molecule has 0 spiro atoms. The van der Waals surface area contributed by atoms with Crippen molar-refractivity contribution < 1.29 is 10.2 Å². The van der Waals surface area contributed by atoms with E-state index in [0.717, 1.165) is 9.35 Å². The molecule has 0 bridgehead atoms. The molecule has 0 aliphatic carbocycles. The van der Waals surface area contributed by atoms with E-state index in [2.05, 4.69) is 15.9 Å². The highest BCUT2D eigenvalue weighted by molar-refractivity contribution is 9.10. The van der Waals surface area contributed by atoms with E-state index in [0.29, 0.717) is 12.8 Å². The number of thiophene rings is 1. The van der Waals surface area contributed by atoms with Crippen molar-refractivity contribution in [3.63, 3.8) is 0 Å². The number of aliphatic hydroxyl groups is 2. The molecule has 2 unspecified atom stereocenters. The first-order valence-corrected chi connectivity index (χ1v) is 6.26. The molecule has 1 aromatic rings. The zero-order chi connectivity index (χ0) is 10.8. The molecule has 2 N–H and O–H groups in total. The molecule has 0 fully saturated rings. The molecule has 1 rings (SSSR count). The molecule has 0 aliphatic rings. The quantitative estimate of drug-likeness (QED) is 0.889. The highest BCUT2D eigenvalue weighted by Gasteiger charge is 2.28. The molecule has 1 aromatic heterocycles. The van der Waals surface area contributed by atoms with Crippen molar-refractivity contribution in [2.75, 3.05) is 0 Å². The van der Waals surface area contributed by atoms with Crippen LogP contribution in [-0.4, -0.2) is 21.9 Å². The van der Waals surface area contributed by atoms with E-state index in [1.54, 1.807) is 18.3 Å². The summed E-state index contributed by atoms with van der Waals surface area (Å²) in [5, 5.41) is 21.6. The molecular formula is C10H15BrO2S. The van der Waals surface area contributed by atoms with E-state index in [1.807, 2.05) is 18.4 Å². The molecule has 80 valence electrons. The Balaban J connectivity index is 2.61. The summed E-state index contributed by atoms with van der Waals surface area (Å²) in [5.41, 5.74) is -0.990. The van der Waals surface area contributed by atoms with E-state index < -0.39 is 11.7 Å². The lowest BCUT2D eigenvalue weighted by atomic mass is 9.93. The molecule has 0 radical (unpaired) electrons. The van der Waals surface area contributed by atoms with Gasteiger partial charge in [-0.3, -0.25) is 0 Å². The van der Waals surface area contributed by atoms with Gasteiger partial charge in [-0.05, 0) is 35.3 Å². The molecule has 0 aliphatic heterocycles. The van der Waals surface area contributed by atoms with E-state index in [9.17, 15) is 10.2 Å². The lowest BCUT2D eigenvalue weighted by Gasteiger charge is -2.27. The van der Waals surface area contributed by atoms with Crippen molar-refractivity contribution in [3.8, 4) is 0 Å². The standard InChI is InChI=1S/C10H15BrO2S/c1-3-10(2,13)9(12)5-8-4-7(11)6-14-8/h4,6,9,12-13H,3,5H2,1-2H3. The molecular weight excluding hydrogens is 264 g/mol. The van der Waals surface area contributed by atoms with Gasteiger partial charge < -0.3 is 10.2 Å². The number of hydrogen-bond donors (Lipinski definition) is 2. The lowest BCUT2D eigenvalue weighted by molar-refractivity contribution is -0.0626. The zero-order valence-electron chi connectivity index (χ0n) is 8.33. The number of hydrogen-bond acceptors (Lipinski definition) is 3. The molecule has 0 saturated heterocycles. The highest BCUT2D eigenvalue weighted by Crippen LogP contribution is 2.24. The minimum Gasteiger partial charge on any atom is -0.390 e. The number of rotatable bonds is 4. The van der Waals surface area contributed by atoms with Crippen LogP contribution >= 0.6 is 27.3 Å². The van der Waals surface area contributed by atoms with E-state index >= 15 is 0 Å². The second-order valence-electron chi connectivity index (χ2n) is 3.66. The van der Waals surface area contributed by atoms with Gasteiger partial charge in [0.15, 0.2) is 0 Å². The summed E-state index contributed by atoms with van der Waals surface area (Å²) in [4.78, 5) is 1.08. The fourth-order valence-corrected chi connectivity index (χ4v) is 2.60. The maximum atomic E-state index is 9.80. The molecule has 0 aromatic carbocycles. The molecule has 14 heavy (non-hydrogen) atoms. The van der Waals surface area contributed by atoms with Crippen molar-refractivity contribution in [1.29, 1.82) is 0 Å². The van der Waals surface area contributed by atoms with Crippen LogP contribution in [0.1, 0.15) is 25.1 Å². The van der Waals surface area contributed by atoms with Gasteiger partial charge in [-0.1, -0.05) is 6.92 Å². The Morgan fingerprint density at radius 2 is 2.29 bits per heavy atom. The Hall–Kier alpha value is 0.1000. The summed E-state index contributed by atoms with van der Waals surface area (Å²) in [6.45, 7) is 3.54. The Morgan fingerprint density at radius 1 is 1.64 bits per heavy atom. The van der Waals surface area contributed by atoms with E-state index in [1.165, 1.54) is 0 Å². The average molecular weight is 279 g/mol. The van der Waals surface area contributed by atoms with Crippen molar-refractivity contribution >= 4 is 27.3 Å². The average Bonchev–Trinajstić information content (AvgIpc) is 2.51. The van der Waals surface area contributed by atoms with Gasteiger partial charge in [0.1, 0.15) is 0 Å². The predicted octanol–water partition coefficient (Wildman–Crippen LogP) is 2.58. The van der Waals surface area contributed by atoms with Crippen LogP contribution < -0.4 is 0 Å². The van der Waals surface area contributed by atoms with Crippen molar-refractivity contribution in [2.45, 2.75) is 38.4 Å². The van der Waals surface area contributed by atoms with Crippen LogP contribution in [0.4, 0.5) is 0 Å². The molecule has 1 heterocycles. The van der Waals surface area contributed by atoms with Crippen LogP contribution in [0.15, 0.2) is 15.9 Å². The van der Waals surface area contributed by atoms with Crippen LogP contribution in [-0.2, 0) is 6.42 Å². The maximum absolute atomic E-state index is 9.80. The Morgan fingerprint density at radius 3 is 2.71 bits per heavy atom. The third-order valence-corrected chi connectivity index (χ3v) is 4.17. The minimum absolute atomic E-state index is 0.511. The normalized spacial score (nSPS) is 17.8. The number of halogens is 1. The minimum atomic E-state index is -0.990. The van der Waals surface area contributed by atoms with Gasteiger partial charge in [0.25, 0.3) is 0 Å². The van der Waals surface area contributed by atoms with Gasteiger partial charge >= 0.3 is 0 Å². The highest BCUT2D eigenvalue weighted by atomic mass is 79.9. The largest absolute Gasteiger partial charge is 0.390 e. The molecule has 2 atom stereocenters. The van der Waals surface area contributed by atoms with Crippen LogP contribution in [0.25, 0.3) is 0 Å². The second-order valence-corrected chi connectivity index (χ2v) is 5.57. The summed E-state index contributed by atoms with van der Waals surface area (Å²) in [6.07, 6.45) is 0.371. The smallest absolute Gasteiger partial charge is 0.0878 e. The summed E-state index contributed by atoms with van der Waals surface area (Å²) in [5.74, 6) is 0. The van der Waals surface area contributed by atoms with E-state index in [4.69, 9.17) is 0 Å². The van der Waals surface area contributed by atoms with Gasteiger partial charge in [-0.15, -0.1) is 11.3 Å². The summed E-state index contributed by atoms with van der Waals surface area (Å²) in [6, 6.07) is 1.97. The van der Waals surface area contributed by atoms with Crippen LogP contribution in [0.5, 0.6) is 0 Å². The van der Waals surface area contributed by atoms with Crippen LogP contribution in [0, 0.1) is 0 Å². The fraction of sp³-hybridized carbons (Fsp3) is 0.600. The van der Waals surface area contributed by atoms with Crippen LogP contribution in [0.2, 0.25) is 0 Å². The fourth-order valence-electron chi connectivity index (χ4n) is 1.11. The monoisotopic (exact) mass is 278 g/mol. The lowest BCUT2D eigenvalue weighted by Crippen LogP contribution is -2.39. The van der Waals surface area contributed by atoms with Crippen molar-refractivity contribution in [1.82, 2.24) is 0 Å². The number of aliphatic hydroxyl groups excluding tert-OH is 1. The van der Waals surface area contributed by atoms with Gasteiger partial charge in [0.05, 0.1) is 11.7 Å². The summed E-state index contributed by atoms with van der Waals surface area (Å²) < 4.78 is 1.03. The zero-order valence-corrected chi connectivity index (χ0v) is 10.7.